The molecule has 0 bridgehead atoms. The standard InChI is InChI=1S/C9H14NO2S/c1-3-8-13(11,12)10-7-5-4-6-9(10)2/h4,6-7,9H,3,8H2,1-2H3. The van der Waals surface area contributed by atoms with Crippen LogP contribution in [0, 0.1) is 6.08 Å². The molecule has 1 atom stereocenters. The lowest BCUT2D eigenvalue weighted by Crippen LogP contribution is -2.35. The van der Waals surface area contributed by atoms with Gasteiger partial charge in [0.25, 0.3) is 0 Å². The second-order valence-electron chi connectivity index (χ2n) is 3.04. The first-order valence-corrected chi connectivity index (χ1v) is 5.96. The average molecular weight is 200 g/mol. The van der Waals surface area contributed by atoms with Crippen molar-refractivity contribution in [3.63, 3.8) is 0 Å². The molecule has 0 aromatic rings. The summed E-state index contributed by atoms with van der Waals surface area (Å²) in [6.45, 7) is 3.70. The first kappa shape index (κ1) is 10.3. The van der Waals surface area contributed by atoms with Crippen LogP contribution < -0.4 is 0 Å². The van der Waals surface area contributed by atoms with Gasteiger partial charge in [-0.25, -0.2) is 8.42 Å². The third-order valence-corrected chi connectivity index (χ3v) is 3.86. The predicted molar refractivity (Wildman–Crippen MR) is 52.3 cm³/mol. The molecule has 1 aliphatic rings. The van der Waals surface area contributed by atoms with Crippen molar-refractivity contribution < 1.29 is 8.42 Å². The maximum absolute atomic E-state index is 11.6. The van der Waals surface area contributed by atoms with Gasteiger partial charge in [0.05, 0.1) is 11.8 Å². The SMILES string of the molecule is CCCS(=O)(=O)N1C=[C]C=CC1C. The van der Waals surface area contributed by atoms with Crippen molar-refractivity contribution in [3.8, 4) is 0 Å². The van der Waals surface area contributed by atoms with Gasteiger partial charge in [-0.15, -0.1) is 0 Å². The van der Waals surface area contributed by atoms with Crippen LogP contribution in [0.4, 0.5) is 0 Å². The maximum Gasteiger partial charge on any atom is 0.235 e. The van der Waals surface area contributed by atoms with E-state index in [0.717, 1.165) is 0 Å². The minimum atomic E-state index is -3.12. The largest absolute Gasteiger partial charge is 0.270 e. The van der Waals surface area contributed by atoms with E-state index in [2.05, 4.69) is 6.08 Å². The van der Waals surface area contributed by atoms with Crippen molar-refractivity contribution in [1.29, 1.82) is 0 Å². The van der Waals surface area contributed by atoms with E-state index in [0.29, 0.717) is 6.42 Å². The fraction of sp³-hybridized carbons (Fsp3) is 0.556. The maximum atomic E-state index is 11.6. The molecule has 0 spiro atoms. The van der Waals surface area contributed by atoms with Crippen LogP contribution >= 0.6 is 0 Å². The van der Waals surface area contributed by atoms with Gasteiger partial charge in [-0.1, -0.05) is 19.1 Å². The number of allylic oxidation sites excluding steroid dienone is 2. The number of rotatable bonds is 3. The highest BCUT2D eigenvalue weighted by atomic mass is 32.2. The fourth-order valence-electron chi connectivity index (χ4n) is 1.21. The fourth-order valence-corrected chi connectivity index (χ4v) is 2.74. The second kappa shape index (κ2) is 3.96. The molecule has 1 radical (unpaired) electrons. The van der Waals surface area contributed by atoms with Gasteiger partial charge in [-0.2, -0.15) is 0 Å². The zero-order valence-electron chi connectivity index (χ0n) is 7.90. The zero-order chi connectivity index (χ0) is 9.90. The molecule has 1 aliphatic heterocycles. The molecular weight excluding hydrogens is 186 g/mol. The van der Waals surface area contributed by atoms with Gasteiger partial charge in [0.2, 0.25) is 10.0 Å². The molecular formula is C9H14NO2S. The van der Waals surface area contributed by atoms with Gasteiger partial charge in [0, 0.05) is 6.20 Å². The molecule has 0 N–H and O–H groups in total. The summed E-state index contributed by atoms with van der Waals surface area (Å²) in [5.41, 5.74) is 0. The topological polar surface area (TPSA) is 37.4 Å². The number of nitrogens with zero attached hydrogens (tertiary/aromatic N) is 1. The van der Waals surface area contributed by atoms with Gasteiger partial charge < -0.3 is 0 Å². The van der Waals surface area contributed by atoms with E-state index >= 15 is 0 Å². The van der Waals surface area contributed by atoms with Crippen LogP contribution in [0.5, 0.6) is 0 Å². The lowest BCUT2D eigenvalue weighted by molar-refractivity contribution is 0.462. The van der Waals surface area contributed by atoms with E-state index in [-0.39, 0.29) is 11.8 Å². The van der Waals surface area contributed by atoms with Gasteiger partial charge in [-0.3, -0.25) is 4.31 Å². The second-order valence-corrected chi connectivity index (χ2v) is 5.04. The van der Waals surface area contributed by atoms with Crippen molar-refractivity contribution in [2.24, 2.45) is 0 Å². The van der Waals surface area contributed by atoms with Crippen LogP contribution in [-0.4, -0.2) is 24.5 Å². The molecule has 0 aromatic carbocycles. The van der Waals surface area contributed by atoms with Crippen molar-refractivity contribution in [1.82, 2.24) is 4.31 Å². The number of hydrogen-bond acceptors (Lipinski definition) is 2. The number of hydrogen-bond donors (Lipinski definition) is 0. The minimum Gasteiger partial charge on any atom is -0.270 e. The Balaban J connectivity index is 2.83. The van der Waals surface area contributed by atoms with E-state index in [4.69, 9.17) is 0 Å². The first-order valence-electron chi connectivity index (χ1n) is 4.35. The van der Waals surface area contributed by atoms with Crippen molar-refractivity contribution in [3.05, 3.63) is 24.4 Å². The summed E-state index contributed by atoms with van der Waals surface area (Å²) in [5.74, 6) is 0.198. The molecule has 13 heavy (non-hydrogen) atoms. The molecule has 0 amide bonds. The van der Waals surface area contributed by atoms with Crippen molar-refractivity contribution in [2.45, 2.75) is 26.3 Å². The molecule has 1 heterocycles. The van der Waals surface area contributed by atoms with Crippen molar-refractivity contribution >= 4 is 10.0 Å². The molecule has 3 nitrogen and oxygen atoms in total. The Kier molecular flexibility index (Phi) is 3.14. The summed E-state index contributed by atoms with van der Waals surface area (Å²) in [6, 6.07) is -0.0854. The van der Waals surface area contributed by atoms with E-state index in [1.165, 1.54) is 10.5 Å². The van der Waals surface area contributed by atoms with E-state index in [1.54, 1.807) is 6.08 Å². The van der Waals surface area contributed by atoms with Gasteiger partial charge >= 0.3 is 0 Å². The van der Waals surface area contributed by atoms with Crippen LogP contribution in [0.25, 0.3) is 0 Å². The smallest absolute Gasteiger partial charge is 0.235 e. The molecule has 0 fully saturated rings. The lowest BCUT2D eigenvalue weighted by Gasteiger charge is -2.26. The molecule has 0 aliphatic carbocycles. The first-order chi connectivity index (χ1) is 6.08. The molecule has 0 saturated heterocycles. The molecule has 73 valence electrons. The Hall–Kier alpha value is -0.770. The lowest BCUT2D eigenvalue weighted by atomic mass is 10.2. The minimum absolute atomic E-state index is 0.0854. The van der Waals surface area contributed by atoms with Crippen LogP contribution in [0.15, 0.2) is 18.4 Å². The molecule has 4 heteroatoms. The Bertz CT molecular complexity index is 317. The molecule has 1 unspecified atom stereocenters. The quantitative estimate of drug-likeness (QED) is 0.688. The highest BCUT2D eigenvalue weighted by Crippen LogP contribution is 2.13. The van der Waals surface area contributed by atoms with Gasteiger partial charge in [-0.05, 0) is 19.4 Å². The summed E-state index contributed by atoms with van der Waals surface area (Å²) in [4.78, 5) is 0. The normalized spacial score (nSPS) is 22.3. The Morgan fingerprint density at radius 3 is 2.77 bits per heavy atom. The Labute approximate surface area is 79.8 Å². The predicted octanol–water partition coefficient (Wildman–Crippen LogP) is 1.30. The van der Waals surface area contributed by atoms with E-state index < -0.39 is 10.0 Å². The Morgan fingerprint density at radius 2 is 2.23 bits per heavy atom. The van der Waals surface area contributed by atoms with Crippen molar-refractivity contribution in [2.75, 3.05) is 5.75 Å². The third kappa shape index (κ3) is 2.34. The van der Waals surface area contributed by atoms with E-state index in [9.17, 15) is 8.42 Å². The van der Waals surface area contributed by atoms with Crippen LogP contribution in [-0.2, 0) is 10.0 Å². The summed E-state index contributed by atoms with van der Waals surface area (Å²) < 4.78 is 24.6. The molecule has 0 saturated carbocycles. The van der Waals surface area contributed by atoms with E-state index in [1.807, 2.05) is 19.9 Å². The van der Waals surface area contributed by atoms with Crippen LogP contribution in [0.1, 0.15) is 20.3 Å². The third-order valence-electron chi connectivity index (χ3n) is 1.86. The molecule has 0 aromatic heterocycles. The Morgan fingerprint density at radius 1 is 1.54 bits per heavy atom. The molecule has 1 rings (SSSR count). The van der Waals surface area contributed by atoms with Gasteiger partial charge in [0.15, 0.2) is 0 Å². The summed E-state index contributed by atoms with van der Waals surface area (Å²) >= 11 is 0. The van der Waals surface area contributed by atoms with Crippen LogP contribution in [0.3, 0.4) is 0 Å². The number of sulfonamides is 1. The monoisotopic (exact) mass is 200 g/mol. The summed E-state index contributed by atoms with van der Waals surface area (Å²) in [6.07, 6.45) is 8.46. The highest BCUT2D eigenvalue weighted by Gasteiger charge is 2.22. The van der Waals surface area contributed by atoms with Gasteiger partial charge in [0.1, 0.15) is 0 Å². The summed E-state index contributed by atoms with van der Waals surface area (Å²) in [5, 5.41) is 0. The summed E-state index contributed by atoms with van der Waals surface area (Å²) in [7, 11) is -3.12. The zero-order valence-corrected chi connectivity index (χ0v) is 8.71. The highest BCUT2D eigenvalue weighted by molar-refractivity contribution is 7.89. The average Bonchev–Trinajstić information content (AvgIpc) is 2.04. The van der Waals surface area contributed by atoms with Crippen LogP contribution in [0.2, 0.25) is 0 Å².